The Balaban J connectivity index is 2.61. The molecule has 1 unspecified atom stereocenters. The second-order valence-electron chi connectivity index (χ2n) is 3.42. The number of ketones is 1. The number of halogens is 1. The lowest BCUT2D eigenvalue weighted by atomic mass is 10.1. The number of nitrogens with zero attached hydrogens (tertiary/aromatic N) is 1. The van der Waals surface area contributed by atoms with Crippen LogP contribution in [0.2, 0.25) is 0 Å². The Morgan fingerprint density at radius 1 is 1.56 bits per heavy atom. The highest BCUT2D eigenvalue weighted by Gasteiger charge is 2.15. The summed E-state index contributed by atoms with van der Waals surface area (Å²) >= 11 is 4.69. The average molecular weight is 294 g/mol. The third-order valence-corrected chi connectivity index (χ3v) is 3.82. The summed E-state index contributed by atoms with van der Waals surface area (Å²) in [6, 6.07) is 9.47. The van der Waals surface area contributed by atoms with Crippen molar-refractivity contribution in [2.24, 2.45) is 0 Å². The summed E-state index contributed by atoms with van der Waals surface area (Å²) in [5, 5.41) is 9.82. The number of carbonyl (C=O) groups excluding carboxylic acids is 1. The Bertz CT molecular complexity index is 595. The van der Waals surface area contributed by atoms with E-state index in [9.17, 15) is 4.79 Å². The van der Waals surface area contributed by atoms with Crippen LogP contribution in [0.25, 0.3) is 10.1 Å². The number of nitriles is 1. The Kier molecular flexibility index (Phi) is 3.08. The molecule has 80 valence electrons. The van der Waals surface area contributed by atoms with Crippen molar-refractivity contribution in [2.45, 2.75) is 11.8 Å². The maximum Gasteiger partial charge on any atom is 0.186 e. The van der Waals surface area contributed by atoms with Gasteiger partial charge in [0.15, 0.2) is 5.78 Å². The molecule has 1 atom stereocenters. The number of Topliss-reactive ketones (excluding diaryl/α,β-unsaturated/α-hetero) is 1. The van der Waals surface area contributed by atoms with Crippen molar-refractivity contribution < 1.29 is 4.79 Å². The Labute approximate surface area is 106 Å². The zero-order chi connectivity index (χ0) is 11.7. The van der Waals surface area contributed by atoms with E-state index in [4.69, 9.17) is 5.26 Å². The lowest BCUT2D eigenvalue weighted by Gasteiger charge is -1.96. The van der Waals surface area contributed by atoms with E-state index in [-0.39, 0.29) is 10.6 Å². The van der Waals surface area contributed by atoms with E-state index in [2.05, 4.69) is 22.0 Å². The zero-order valence-electron chi connectivity index (χ0n) is 8.53. The summed E-state index contributed by atoms with van der Waals surface area (Å²) < 4.78 is 0.982. The van der Waals surface area contributed by atoms with Crippen molar-refractivity contribution in [3.05, 3.63) is 34.7 Å². The predicted octanol–water partition coefficient (Wildman–Crippen LogP) is 3.74. The van der Waals surface area contributed by atoms with E-state index >= 15 is 0 Å². The SMILES string of the molecule is CC(Br)C(=O)c1cc2c(C#N)cccc2s1. The number of hydrogen-bond donors (Lipinski definition) is 0. The highest BCUT2D eigenvalue weighted by molar-refractivity contribution is 9.10. The molecular formula is C12H8BrNOS. The standard InChI is InChI=1S/C12H8BrNOS/c1-7(13)12(15)11-5-9-8(6-14)3-2-4-10(9)16-11/h2-5,7H,1H3. The largest absolute Gasteiger partial charge is 0.292 e. The molecule has 0 aliphatic heterocycles. The van der Waals surface area contributed by atoms with E-state index in [1.807, 2.05) is 12.1 Å². The summed E-state index contributed by atoms with van der Waals surface area (Å²) in [5.41, 5.74) is 0.620. The van der Waals surface area contributed by atoms with E-state index in [0.29, 0.717) is 10.4 Å². The van der Waals surface area contributed by atoms with Gasteiger partial charge in [0, 0.05) is 10.1 Å². The van der Waals surface area contributed by atoms with Crippen LogP contribution in [0.5, 0.6) is 0 Å². The normalized spacial score (nSPS) is 12.3. The molecule has 1 aromatic carbocycles. The van der Waals surface area contributed by atoms with Gasteiger partial charge in [-0.25, -0.2) is 0 Å². The first-order valence-electron chi connectivity index (χ1n) is 4.74. The molecule has 0 aliphatic rings. The monoisotopic (exact) mass is 293 g/mol. The number of alkyl halides is 1. The first-order chi connectivity index (χ1) is 7.63. The molecule has 1 heterocycles. The first-order valence-corrected chi connectivity index (χ1v) is 6.47. The Morgan fingerprint density at radius 2 is 2.31 bits per heavy atom. The van der Waals surface area contributed by atoms with E-state index in [0.717, 1.165) is 10.1 Å². The van der Waals surface area contributed by atoms with E-state index < -0.39 is 0 Å². The van der Waals surface area contributed by atoms with Crippen LogP contribution >= 0.6 is 27.3 Å². The highest BCUT2D eigenvalue weighted by Crippen LogP contribution is 2.29. The topological polar surface area (TPSA) is 40.9 Å². The number of carbonyl (C=O) groups is 1. The molecule has 0 spiro atoms. The second-order valence-corrected chi connectivity index (χ2v) is 5.88. The van der Waals surface area contributed by atoms with Crippen molar-refractivity contribution in [1.82, 2.24) is 0 Å². The molecule has 0 N–H and O–H groups in total. The van der Waals surface area contributed by atoms with Crippen molar-refractivity contribution >= 4 is 43.1 Å². The van der Waals surface area contributed by atoms with Crippen LogP contribution in [0.15, 0.2) is 24.3 Å². The molecule has 0 amide bonds. The summed E-state index contributed by atoms with van der Waals surface area (Å²) in [5.74, 6) is 0.0603. The van der Waals surface area contributed by atoms with Crippen LogP contribution < -0.4 is 0 Å². The smallest absolute Gasteiger partial charge is 0.186 e. The number of thiophene rings is 1. The maximum atomic E-state index is 11.8. The van der Waals surface area contributed by atoms with Crippen LogP contribution in [0.3, 0.4) is 0 Å². The third-order valence-electron chi connectivity index (χ3n) is 2.29. The molecule has 0 saturated carbocycles. The van der Waals surface area contributed by atoms with Crippen LogP contribution in [0.4, 0.5) is 0 Å². The maximum absolute atomic E-state index is 11.8. The van der Waals surface area contributed by atoms with Gasteiger partial charge in [0.25, 0.3) is 0 Å². The molecule has 0 fully saturated rings. The van der Waals surface area contributed by atoms with E-state index in [1.54, 1.807) is 19.1 Å². The van der Waals surface area contributed by atoms with Crippen LogP contribution in [0.1, 0.15) is 22.2 Å². The van der Waals surface area contributed by atoms with Gasteiger partial charge in [-0.15, -0.1) is 11.3 Å². The Hall–Kier alpha value is -1.18. The summed E-state index contributed by atoms with van der Waals surface area (Å²) in [4.78, 5) is 12.3. The van der Waals surface area contributed by atoms with E-state index in [1.165, 1.54) is 11.3 Å². The molecular weight excluding hydrogens is 286 g/mol. The molecule has 2 rings (SSSR count). The van der Waals surface area contributed by atoms with Crippen molar-refractivity contribution in [3.8, 4) is 6.07 Å². The van der Waals surface area contributed by atoms with Gasteiger partial charge in [-0.1, -0.05) is 22.0 Å². The van der Waals surface area contributed by atoms with Crippen LogP contribution in [0, 0.1) is 11.3 Å². The third kappa shape index (κ3) is 1.89. The molecule has 0 aliphatic carbocycles. The van der Waals surface area contributed by atoms with Gasteiger partial charge >= 0.3 is 0 Å². The molecule has 16 heavy (non-hydrogen) atoms. The molecule has 2 aromatic rings. The summed E-state index contributed by atoms with van der Waals surface area (Å²) in [6.45, 7) is 1.80. The molecule has 2 nitrogen and oxygen atoms in total. The van der Waals surface area contributed by atoms with Gasteiger partial charge in [-0.05, 0) is 25.1 Å². The van der Waals surface area contributed by atoms with Gasteiger partial charge in [0.05, 0.1) is 21.3 Å². The molecule has 0 radical (unpaired) electrons. The first kappa shape index (κ1) is 11.3. The fourth-order valence-corrected chi connectivity index (χ4v) is 2.99. The van der Waals surface area contributed by atoms with Gasteiger partial charge in [-0.3, -0.25) is 4.79 Å². The molecule has 4 heteroatoms. The Morgan fingerprint density at radius 3 is 2.94 bits per heavy atom. The fourth-order valence-electron chi connectivity index (χ4n) is 1.48. The average Bonchev–Trinajstić information content (AvgIpc) is 2.70. The molecule has 0 saturated heterocycles. The van der Waals surface area contributed by atoms with Crippen LogP contribution in [-0.4, -0.2) is 10.6 Å². The number of fused-ring (bicyclic) bond motifs is 1. The van der Waals surface area contributed by atoms with Gasteiger partial charge < -0.3 is 0 Å². The highest BCUT2D eigenvalue weighted by atomic mass is 79.9. The molecule has 0 bridgehead atoms. The minimum Gasteiger partial charge on any atom is -0.292 e. The zero-order valence-corrected chi connectivity index (χ0v) is 10.9. The van der Waals surface area contributed by atoms with Gasteiger partial charge in [0.1, 0.15) is 0 Å². The fraction of sp³-hybridized carbons (Fsp3) is 0.167. The van der Waals surface area contributed by atoms with Gasteiger partial charge in [0.2, 0.25) is 0 Å². The summed E-state index contributed by atoms with van der Waals surface area (Å²) in [7, 11) is 0. The minimum atomic E-state index is -0.189. The number of benzene rings is 1. The molecule has 1 aromatic heterocycles. The number of rotatable bonds is 2. The quantitative estimate of drug-likeness (QED) is 0.625. The lowest BCUT2D eigenvalue weighted by molar-refractivity contribution is 0.1000. The van der Waals surface area contributed by atoms with Gasteiger partial charge in [-0.2, -0.15) is 5.26 Å². The van der Waals surface area contributed by atoms with Crippen molar-refractivity contribution in [2.75, 3.05) is 0 Å². The van der Waals surface area contributed by atoms with Crippen molar-refractivity contribution in [3.63, 3.8) is 0 Å². The van der Waals surface area contributed by atoms with Crippen molar-refractivity contribution in [1.29, 1.82) is 5.26 Å². The number of hydrogen-bond acceptors (Lipinski definition) is 3. The predicted molar refractivity (Wildman–Crippen MR) is 69.3 cm³/mol. The van der Waals surface area contributed by atoms with Crippen LogP contribution in [-0.2, 0) is 0 Å². The second kappa shape index (κ2) is 4.36. The lowest BCUT2D eigenvalue weighted by Crippen LogP contribution is -2.07. The summed E-state index contributed by atoms with van der Waals surface area (Å²) in [6.07, 6.45) is 0. The minimum absolute atomic E-state index is 0.0603.